The van der Waals surface area contributed by atoms with Gasteiger partial charge in [0.05, 0.1) is 11.2 Å². The van der Waals surface area contributed by atoms with Gasteiger partial charge in [-0.05, 0) is 5.18 Å². The molecule has 28 heavy (non-hydrogen) atoms. The lowest BCUT2D eigenvalue weighted by Gasteiger charge is -2.49. The Morgan fingerprint density at radius 2 is 2.25 bits per heavy atom. The highest BCUT2D eigenvalue weighted by Gasteiger charge is 2.54. The first kappa shape index (κ1) is 19.8. The fraction of sp³-hybridized carbons (Fsp3) is 0.357. The highest BCUT2D eigenvalue weighted by Crippen LogP contribution is 2.40. The average Bonchev–Trinajstić information content (AvgIpc) is 3.18. The molecule has 12 nitrogen and oxygen atoms in total. The number of hydrogen-bond donors (Lipinski definition) is 3. The van der Waals surface area contributed by atoms with Gasteiger partial charge in [-0.2, -0.15) is 0 Å². The van der Waals surface area contributed by atoms with E-state index in [1.54, 1.807) is 0 Å². The predicted molar refractivity (Wildman–Crippen MR) is 95.9 cm³/mol. The molecule has 3 atom stereocenters. The van der Waals surface area contributed by atoms with Crippen molar-refractivity contribution in [2.45, 2.75) is 17.5 Å². The zero-order chi connectivity index (χ0) is 20.4. The molecular weight excluding hydrogens is 414 g/mol. The molecule has 2 unspecified atom stereocenters. The largest absolute Gasteiger partial charge is 0.477 e. The van der Waals surface area contributed by atoms with Crippen molar-refractivity contribution in [3.8, 4) is 0 Å². The van der Waals surface area contributed by atoms with Gasteiger partial charge >= 0.3 is 12.1 Å². The molecule has 3 rings (SSSR count). The zero-order valence-corrected chi connectivity index (χ0v) is 15.6. The quantitative estimate of drug-likeness (QED) is 0.391. The molecule has 2 aliphatic heterocycles. The van der Waals surface area contributed by atoms with Crippen LogP contribution in [0, 0.1) is 4.91 Å². The number of amides is 3. The summed E-state index contributed by atoms with van der Waals surface area (Å²) in [5.74, 6) is -2.69. The number of nitrogens with two attached hydrogens (primary N) is 1. The third-order valence-electron chi connectivity index (χ3n) is 4.02. The van der Waals surface area contributed by atoms with Gasteiger partial charge in [0.15, 0.2) is 0 Å². The molecule has 0 bridgehead atoms. The Morgan fingerprint density at radius 3 is 2.82 bits per heavy atom. The number of thioether (sulfide) groups is 1. The van der Waals surface area contributed by atoms with E-state index < -0.39 is 41.3 Å². The summed E-state index contributed by atoms with van der Waals surface area (Å²) < 4.78 is 4.63. The number of carboxylic acid groups (broad SMARTS) is 1. The van der Waals surface area contributed by atoms with Crippen LogP contribution in [0.4, 0.5) is 4.79 Å². The molecule has 2 aliphatic rings. The molecule has 14 heteroatoms. The van der Waals surface area contributed by atoms with E-state index in [-0.39, 0.29) is 29.3 Å². The minimum absolute atomic E-state index is 0.150. The van der Waals surface area contributed by atoms with E-state index in [9.17, 15) is 29.2 Å². The van der Waals surface area contributed by atoms with Crippen molar-refractivity contribution in [3.63, 3.8) is 0 Å². The molecule has 4 N–H and O–H groups in total. The lowest BCUT2D eigenvalue weighted by atomic mass is 10.0. The fourth-order valence-corrected chi connectivity index (χ4v) is 4.68. The number of nitroso groups, excluding NO2 is 1. The summed E-state index contributed by atoms with van der Waals surface area (Å²) >= 11 is 2.36. The lowest BCUT2D eigenvalue weighted by molar-refractivity contribution is -0.151. The van der Waals surface area contributed by atoms with Crippen LogP contribution < -0.4 is 11.1 Å². The first-order chi connectivity index (χ1) is 13.3. The number of nitrogens with zero attached hydrogens (tertiary/aromatic N) is 3. The number of nitrogens with one attached hydrogen (secondary N) is 1. The third kappa shape index (κ3) is 3.55. The van der Waals surface area contributed by atoms with Crippen molar-refractivity contribution < 1.29 is 29.0 Å². The van der Waals surface area contributed by atoms with Crippen molar-refractivity contribution in [1.82, 2.24) is 15.2 Å². The number of primary amides is 1. The van der Waals surface area contributed by atoms with Gasteiger partial charge in [-0.15, -0.1) is 28.0 Å². The molecule has 3 heterocycles. The van der Waals surface area contributed by atoms with Gasteiger partial charge in [0.1, 0.15) is 23.7 Å². The molecule has 148 valence electrons. The van der Waals surface area contributed by atoms with E-state index in [1.807, 2.05) is 0 Å². The Labute approximate surface area is 165 Å². The van der Waals surface area contributed by atoms with Crippen LogP contribution in [-0.2, 0) is 19.1 Å². The minimum Gasteiger partial charge on any atom is -0.477 e. The maximum atomic E-state index is 12.5. The van der Waals surface area contributed by atoms with Gasteiger partial charge < -0.3 is 20.9 Å². The van der Waals surface area contributed by atoms with Crippen LogP contribution in [0.25, 0.3) is 0 Å². The molecule has 1 aromatic rings. The number of carbonyl (C=O) groups excluding carboxylic acids is 3. The second kappa shape index (κ2) is 7.93. The summed E-state index contributed by atoms with van der Waals surface area (Å²) in [6, 6.07) is -2.43. The molecule has 0 saturated carbocycles. The molecule has 0 aliphatic carbocycles. The third-order valence-corrected chi connectivity index (χ3v) is 5.97. The summed E-state index contributed by atoms with van der Waals surface area (Å²) in [4.78, 5) is 63.1. The summed E-state index contributed by atoms with van der Waals surface area (Å²) in [5, 5.41) is 15.4. The first-order valence-corrected chi connectivity index (χ1v) is 9.67. The highest BCUT2D eigenvalue weighted by atomic mass is 32.2. The van der Waals surface area contributed by atoms with E-state index in [2.05, 4.69) is 20.2 Å². The van der Waals surface area contributed by atoms with E-state index >= 15 is 0 Å². The number of thiazole rings is 1. The van der Waals surface area contributed by atoms with Crippen LogP contribution in [0.3, 0.4) is 0 Å². The van der Waals surface area contributed by atoms with Crippen molar-refractivity contribution in [3.05, 3.63) is 32.8 Å². The Kier molecular flexibility index (Phi) is 5.60. The van der Waals surface area contributed by atoms with E-state index in [0.29, 0.717) is 0 Å². The Morgan fingerprint density at radius 1 is 1.50 bits per heavy atom. The average molecular weight is 427 g/mol. The molecule has 3 amide bonds. The summed E-state index contributed by atoms with van der Waals surface area (Å²) in [5.41, 5.74) is 6.38. The number of hydrogen-bond acceptors (Lipinski definition) is 10. The standard InChI is InChI=1S/C14H13N5O7S2/c15-14(24)26-1-5-2-28-12-8(11(21)19(12)9(5)13(22)23)17-10(20)7(18-25)6-3-27-4-16-6/h3-4,7-8,12H,1-2H2,(H2,15,24)(H,17,20)(H,22,23)/t7?,8?,12-/m0/s1. The van der Waals surface area contributed by atoms with Crippen LogP contribution in [0.15, 0.2) is 27.3 Å². The van der Waals surface area contributed by atoms with Crippen molar-refractivity contribution in [1.29, 1.82) is 0 Å². The Balaban J connectivity index is 1.74. The molecule has 0 spiro atoms. The molecule has 1 fully saturated rings. The SMILES string of the molecule is NC(=O)OCC1=C(C(=O)O)N2C(=O)C(NC(=O)C(N=O)c3cscn3)[C@@H]2SC1. The summed E-state index contributed by atoms with van der Waals surface area (Å²) in [6.45, 7) is -0.363. The van der Waals surface area contributed by atoms with Crippen molar-refractivity contribution in [2.24, 2.45) is 10.9 Å². The monoisotopic (exact) mass is 427 g/mol. The smallest absolute Gasteiger partial charge is 0.404 e. The van der Waals surface area contributed by atoms with Crippen LogP contribution in [0.2, 0.25) is 0 Å². The van der Waals surface area contributed by atoms with Crippen molar-refractivity contribution in [2.75, 3.05) is 12.4 Å². The highest BCUT2D eigenvalue weighted by molar-refractivity contribution is 8.00. The summed E-state index contributed by atoms with van der Waals surface area (Å²) in [7, 11) is 0. The van der Waals surface area contributed by atoms with E-state index in [4.69, 9.17) is 5.73 Å². The molecule has 1 saturated heterocycles. The second-order valence-electron chi connectivity index (χ2n) is 5.68. The van der Waals surface area contributed by atoms with Crippen LogP contribution in [0.5, 0.6) is 0 Å². The normalized spacial score (nSPS) is 22.0. The molecule has 1 aromatic heterocycles. The number of aromatic nitrogens is 1. The maximum absolute atomic E-state index is 12.5. The van der Waals surface area contributed by atoms with Crippen LogP contribution >= 0.6 is 23.1 Å². The van der Waals surface area contributed by atoms with Crippen LogP contribution in [-0.4, -0.2) is 62.6 Å². The van der Waals surface area contributed by atoms with Gasteiger partial charge in [-0.3, -0.25) is 14.5 Å². The molecule has 0 radical (unpaired) electrons. The minimum atomic E-state index is -1.41. The molecular formula is C14H13N5O7S2. The number of rotatable bonds is 7. The first-order valence-electron chi connectivity index (χ1n) is 7.68. The zero-order valence-electron chi connectivity index (χ0n) is 13.9. The van der Waals surface area contributed by atoms with Gasteiger partial charge in [-0.25, -0.2) is 14.6 Å². The van der Waals surface area contributed by atoms with Gasteiger partial charge in [0.25, 0.3) is 11.8 Å². The van der Waals surface area contributed by atoms with E-state index in [1.165, 1.54) is 34.0 Å². The predicted octanol–water partition coefficient (Wildman–Crippen LogP) is -0.215. The fourth-order valence-electron chi connectivity index (χ4n) is 2.78. The topological polar surface area (TPSA) is 181 Å². The summed E-state index contributed by atoms with van der Waals surface area (Å²) in [6.07, 6.45) is -1.07. The number of aliphatic carboxylic acids is 1. The molecule has 0 aromatic carbocycles. The Hall–Kier alpha value is -3.00. The maximum Gasteiger partial charge on any atom is 0.404 e. The van der Waals surface area contributed by atoms with Gasteiger partial charge in [-0.1, -0.05) is 0 Å². The van der Waals surface area contributed by atoms with Gasteiger partial charge in [0, 0.05) is 16.7 Å². The van der Waals surface area contributed by atoms with Crippen LogP contribution in [0.1, 0.15) is 11.7 Å². The van der Waals surface area contributed by atoms with E-state index in [0.717, 1.165) is 4.90 Å². The number of carboxylic acids is 1. The lowest BCUT2D eigenvalue weighted by Crippen LogP contribution is -2.70. The Bertz CT molecular complexity index is 871. The second-order valence-corrected chi connectivity index (χ2v) is 7.51. The number of β-lactam (4-membered cyclic amide) rings is 1. The van der Waals surface area contributed by atoms with Crippen molar-refractivity contribution >= 4 is 47.0 Å². The number of fused-ring (bicyclic) bond motifs is 1. The van der Waals surface area contributed by atoms with Gasteiger partial charge in [0.2, 0.25) is 6.04 Å². The number of ether oxygens (including phenoxy) is 1. The number of carbonyl (C=O) groups is 4.